The van der Waals surface area contributed by atoms with E-state index in [0.717, 1.165) is 23.0 Å². The monoisotopic (exact) mass is 395 g/mol. The molecule has 1 aromatic carbocycles. The molecule has 0 amide bonds. The van der Waals surface area contributed by atoms with E-state index in [1.54, 1.807) is 0 Å². The average Bonchev–Trinajstić information content (AvgIpc) is 3.07. The zero-order valence-corrected chi connectivity index (χ0v) is 14.4. The summed E-state index contributed by atoms with van der Waals surface area (Å²) < 4.78 is 53.6. The van der Waals surface area contributed by atoms with Crippen molar-refractivity contribution in [3.05, 3.63) is 57.4 Å². The number of benzene rings is 1. The highest BCUT2D eigenvalue weighted by atomic mass is 19.4. The van der Waals surface area contributed by atoms with Crippen LogP contribution in [0.1, 0.15) is 25.3 Å². The zero-order valence-electron chi connectivity index (χ0n) is 14.4. The number of carbonyl (C=O) groups excluding carboxylic acids is 1. The predicted octanol–water partition coefficient (Wildman–Crippen LogP) is 2.67. The van der Waals surface area contributed by atoms with Gasteiger partial charge in [0.25, 0.3) is 0 Å². The van der Waals surface area contributed by atoms with Crippen LogP contribution in [0.5, 0.6) is 0 Å². The van der Waals surface area contributed by atoms with Crippen LogP contribution in [0.25, 0.3) is 22.7 Å². The van der Waals surface area contributed by atoms with Gasteiger partial charge in [-0.3, -0.25) is 4.79 Å². The molecule has 0 aliphatic carbocycles. The molecule has 0 radical (unpaired) electrons. The molecule has 2 heterocycles. The second kappa shape index (κ2) is 7.02. The molecular formula is C18H13F4N3O3. The molecule has 3 aromatic rings. The van der Waals surface area contributed by atoms with E-state index in [2.05, 4.69) is 10.1 Å². The normalized spacial score (nSPS) is 13.0. The number of fused-ring (bicyclic) bond motifs is 1. The van der Waals surface area contributed by atoms with Crippen molar-refractivity contribution in [3.8, 4) is 11.3 Å². The van der Waals surface area contributed by atoms with Gasteiger partial charge in [0.1, 0.15) is 28.9 Å². The van der Waals surface area contributed by atoms with E-state index in [4.69, 9.17) is 0 Å². The van der Waals surface area contributed by atoms with Gasteiger partial charge in [-0.05, 0) is 25.1 Å². The zero-order chi connectivity index (χ0) is 20.6. The van der Waals surface area contributed by atoms with E-state index in [-0.39, 0.29) is 46.5 Å². The summed E-state index contributed by atoms with van der Waals surface area (Å²) in [6.07, 6.45) is -3.95. The molecule has 0 bridgehead atoms. The highest BCUT2D eigenvalue weighted by molar-refractivity contribution is 5.76. The number of pyridine rings is 1. The first-order valence-electron chi connectivity index (χ1n) is 8.05. The largest absolute Gasteiger partial charge is 0.511 e. The Labute approximate surface area is 154 Å². The highest BCUT2D eigenvalue weighted by Gasteiger charge is 2.34. The number of rotatable bonds is 4. The molecule has 28 heavy (non-hydrogen) atoms. The van der Waals surface area contributed by atoms with Gasteiger partial charge in [0.15, 0.2) is 11.1 Å². The quantitative estimate of drug-likeness (QED) is 0.687. The molecule has 0 unspecified atom stereocenters. The minimum Gasteiger partial charge on any atom is -0.511 e. The third kappa shape index (κ3) is 3.57. The summed E-state index contributed by atoms with van der Waals surface area (Å²) in [5.74, 6) is -2.01. The molecule has 10 heteroatoms. The van der Waals surface area contributed by atoms with Crippen molar-refractivity contribution in [2.75, 3.05) is 0 Å². The number of alkyl halides is 3. The van der Waals surface area contributed by atoms with Crippen LogP contribution in [0.15, 0.2) is 35.4 Å². The third-order valence-electron chi connectivity index (χ3n) is 4.08. The Morgan fingerprint density at radius 2 is 1.93 bits per heavy atom. The summed E-state index contributed by atoms with van der Waals surface area (Å²) >= 11 is 0. The number of aliphatic hydroxyl groups is 1. The van der Waals surface area contributed by atoms with Crippen LogP contribution >= 0.6 is 0 Å². The second-order valence-corrected chi connectivity index (χ2v) is 6.11. The molecule has 0 aliphatic rings. The van der Waals surface area contributed by atoms with E-state index in [0.29, 0.717) is 12.1 Å². The summed E-state index contributed by atoms with van der Waals surface area (Å²) in [5.41, 5.74) is -2.43. The van der Waals surface area contributed by atoms with Gasteiger partial charge < -0.3 is 9.90 Å². The Kier molecular flexibility index (Phi) is 4.88. The Morgan fingerprint density at radius 3 is 2.57 bits per heavy atom. The number of hydrogen-bond acceptors (Lipinski definition) is 5. The summed E-state index contributed by atoms with van der Waals surface area (Å²) in [6, 6.07) is 3.29. The second-order valence-electron chi connectivity index (χ2n) is 6.11. The van der Waals surface area contributed by atoms with E-state index < -0.39 is 23.0 Å². The van der Waals surface area contributed by atoms with Crippen LogP contribution in [0.3, 0.4) is 0 Å². The molecule has 146 valence electrons. The SMILES string of the molecule is CC(=O)CCC(O)=c1c(=O)cc(-c2ccc(F)c(C(F)(F)F)c2)n2ncnc12. The molecule has 0 atom stereocenters. The van der Waals surface area contributed by atoms with Crippen LogP contribution < -0.4 is 10.6 Å². The van der Waals surface area contributed by atoms with Crippen LogP contribution in [-0.4, -0.2) is 25.5 Å². The summed E-state index contributed by atoms with van der Waals surface area (Å²) in [5, 5.41) is 13.9. The van der Waals surface area contributed by atoms with E-state index >= 15 is 0 Å². The molecular weight excluding hydrogens is 382 g/mol. The van der Waals surface area contributed by atoms with Crippen molar-refractivity contribution in [2.45, 2.75) is 25.9 Å². The predicted molar refractivity (Wildman–Crippen MR) is 90.8 cm³/mol. The molecule has 3 rings (SSSR count). The van der Waals surface area contributed by atoms with Gasteiger partial charge in [-0.15, -0.1) is 0 Å². The molecule has 0 saturated carbocycles. The smallest absolute Gasteiger partial charge is 0.419 e. The minimum absolute atomic E-state index is 0.000225. The van der Waals surface area contributed by atoms with Crippen molar-refractivity contribution in [1.82, 2.24) is 14.6 Å². The lowest BCUT2D eigenvalue weighted by molar-refractivity contribution is -0.140. The summed E-state index contributed by atoms with van der Waals surface area (Å²) in [7, 11) is 0. The van der Waals surface area contributed by atoms with Gasteiger partial charge >= 0.3 is 6.18 Å². The first-order chi connectivity index (χ1) is 13.1. The molecule has 0 aliphatic heterocycles. The van der Waals surface area contributed by atoms with Gasteiger partial charge in [0, 0.05) is 24.5 Å². The van der Waals surface area contributed by atoms with Crippen LogP contribution in [0, 0.1) is 5.82 Å². The lowest BCUT2D eigenvalue weighted by Crippen LogP contribution is -2.30. The van der Waals surface area contributed by atoms with Crippen molar-refractivity contribution < 1.29 is 27.5 Å². The molecule has 6 nitrogen and oxygen atoms in total. The van der Waals surface area contributed by atoms with Gasteiger partial charge in [0.05, 0.1) is 11.3 Å². The van der Waals surface area contributed by atoms with Crippen molar-refractivity contribution >= 4 is 17.2 Å². The molecule has 1 N–H and O–H groups in total. The molecule has 2 aromatic heterocycles. The van der Waals surface area contributed by atoms with Gasteiger partial charge in [-0.25, -0.2) is 13.9 Å². The fourth-order valence-electron chi connectivity index (χ4n) is 2.75. The Hall–Kier alpha value is -3.30. The number of halogens is 4. The van der Waals surface area contributed by atoms with Crippen molar-refractivity contribution in [2.24, 2.45) is 0 Å². The Morgan fingerprint density at radius 1 is 1.21 bits per heavy atom. The number of ketones is 1. The number of carbonyl (C=O) groups is 1. The number of aromatic nitrogens is 3. The van der Waals surface area contributed by atoms with Gasteiger partial charge in [-0.2, -0.15) is 18.3 Å². The standard InChI is InChI=1S/C18H13F4N3O3/c1-9(26)2-5-14(27)16-15(28)7-13(25-17(16)23-8-24-25)10-3-4-12(19)11(6-10)18(20,21)22/h3-4,6-8,27H,2,5H2,1H3. The van der Waals surface area contributed by atoms with Crippen LogP contribution in [-0.2, 0) is 11.0 Å². The maximum atomic E-state index is 13.6. The van der Waals surface area contributed by atoms with E-state index in [1.165, 1.54) is 6.92 Å². The summed E-state index contributed by atoms with van der Waals surface area (Å²) in [4.78, 5) is 27.5. The third-order valence-corrected chi connectivity index (χ3v) is 4.08. The first-order valence-corrected chi connectivity index (χ1v) is 8.05. The minimum atomic E-state index is -4.92. The maximum absolute atomic E-state index is 13.6. The Balaban J connectivity index is 2.26. The number of hydrogen-bond donors (Lipinski definition) is 1. The molecule has 0 fully saturated rings. The average molecular weight is 395 g/mol. The van der Waals surface area contributed by atoms with Crippen molar-refractivity contribution in [3.63, 3.8) is 0 Å². The van der Waals surface area contributed by atoms with E-state index in [9.17, 15) is 32.3 Å². The molecule has 0 saturated heterocycles. The van der Waals surface area contributed by atoms with Gasteiger partial charge in [-0.1, -0.05) is 0 Å². The summed E-state index contributed by atoms with van der Waals surface area (Å²) in [6.45, 7) is 1.33. The van der Waals surface area contributed by atoms with Crippen LogP contribution in [0.2, 0.25) is 0 Å². The first kappa shape index (κ1) is 19.5. The highest BCUT2D eigenvalue weighted by Crippen LogP contribution is 2.34. The molecule has 0 spiro atoms. The van der Waals surface area contributed by atoms with Gasteiger partial charge in [0.2, 0.25) is 0 Å². The fourth-order valence-corrected chi connectivity index (χ4v) is 2.75. The van der Waals surface area contributed by atoms with Crippen LogP contribution in [0.4, 0.5) is 17.6 Å². The van der Waals surface area contributed by atoms with E-state index in [1.807, 2.05) is 0 Å². The maximum Gasteiger partial charge on any atom is 0.419 e. The number of aliphatic hydroxyl groups excluding tert-OH is 1. The Bertz CT molecular complexity index is 1190. The fraction of sp³-hybridized carbons (Fsp3) is 0.222. The van der Waals surface area contributed by atoms with Crippen molar-refractivity contribution in [1.29, 1.82) is 0 Å². The topological polar surface area (TPSA) is 84.6 Å². The number of Topliss-reactive ketones (excluding diaryl/α,β-unsaturated/α-hetero) is 1. The lowest BCUT2D eigenvalue weighted by atomic mass is 10.1. The lowest BCUT2D eigenvalue weighted by Gasteiger charge is -2.11. The number of nitrogens with zero attached hydrogens (tertiary/aromatic N) is 3.